The number of hydrogen-bond donors (Lipinski definition) is 2. The summed E-state index contributed by atoms with van der Waals surface area (Å²) in [5.41, 5.74) is -0.173. The molecule has 0 aromatic carbocycles. The summed E-state index contributed by atoms with van der Waals surface area (Å²) in [4.78, 5) is 15.4. The number of carbonyl (C=O) groups is 1. The molecule has 0 fully saturated rings. The zero-order chi connectivity index (χ0) is 13.6. The van der Waals surface area contributed by atoms with Crippen molar-refractivity contribution in [1.29, 1.82) is 0 Å². The van der Waals surface area contributed by atoms with Crippen LogP contribution >= 0.6 is 0 Å². The Morgan fingerprint density at radius 2 is 2.33 bits per heavy atom. The fraction of sp³-hybridized carbons (Fsp3) is 0.667. The molecule has 1 aromatic rings. The summed E-state index contributed by atoms with van der Waals surface area (Å²) in [5.74, 6) is -0.505. The van der Waals surface area contributed by atoms with Crippen LogP contribution in [0.25, 0.3) is 0 Å². The second-order valence-electron chi connectivity index (χ2n) is 4.27. The smallest absolute Gasteiger partial charge is 0.360 e. The molecule has 1 rings (SSSR count). The molecule has 1 unspecified atom stereocenters. The van der Waals surface area contributed by atoms with Crippen molar-refractivity contribution in [3.05, 3.63) is 12.0 Å². The number of hydrogen-bond acceptors (Lipinski definition) is 6. The van der Waals surface area contributed by atoms with Gasteiger partial charge in [0.05, 0.1) is 6.61 Å². The van der Waals surface area contributed by atoms with Gasteiger partial charge in [-0.15, -0.1) is 0 Å². The predicted octanol–water partition coefficient (Wildman–Crippen LogP) is 1.81. The molecule has 1 atom stereocenters. The highest BCUT2D eigenvalue weighted by Gasteiger charge is 2.24. The van der Waals surface area contributed by atoms with E-state index in [1.165, 1.54) is 6.26 Å². The summed E-state index contributed by atoms with van der Waals surface area (Å²) in [6, 6.07) is 0.260. The van der Waals surface area contributed by atoms with Crippen LogP contribution in [0.1, 0.15) is 44.1 Å². The number of carbonyl (C=O) groups excluding carboxylic acids is 1. The van der Waals surface area contributed by atoms with E-state index in [4.69, 9.17) is 14.3 Å². The summed E-state index contributed by atoms with van der Waals surface area (Å²) in [6.07, 6.45) is 2.63. The molecule has 0 radical (unpaired) electrons. The van der Waals surface area contributed by atoms with Gasteiger partial charge < -0.3 is 19.6 Å². The van der Waals surface area contributed by atoms with Crippen LogP contribution in [0.2, 0.25) is 0 Å². The Bertz CT molecular complexity index is 391. The maximum atomic E-state index is 11.4. The van der Waals surface area contributed by atoms with Crippen molar-refractivity contribution in [2.75, 3.05) is 18.5 Å². The number of aromatic nitrogens is 1. The van der Waals surface area contributed by atoms with Crippen LogP contribution in [-0.2, 0) is 4.74 Å². The first-order valence-electron chi connectivity index (χ1n) is 6.06. The molecule has 2 N–H and O–H groups in total. The van der Waals surface area contributed by atoms with Crippen molar-refractivity contribution in [3.8, 4) is 0 Å². The molecule has 102 valence electrons. The SMILES string of the molecule is CCOC(=O)c1coc(NC(C)(CC)CCO)n1. The van der Waals surface area contributed by atoms with Gasteiger partial charge in [-0.05, 0) is 26.7 Å². The number of nitrogens with one attached hydrogen (secondary N) is 1. The number of ether oxygens (including phenoxy) is 1. The van der Waals surface area contributed by atoms with Gasteiger partial charge >= 0.3 is 5.97 Å². The molecule has 0 spiro atoms. The Balaban J connectivity index is 2.71. The summed E-state index contributed by atoms with van der Waals surface area (Å²) < 4.78 is 9.99. The van der Waals surface area contributed by atoms with Gasteiger partial charge in [0.15, 0.2) is 5.69 Å². The third-order valence-electron chi connectivity index (χ3n) is 2.84. The average molecular weight is 256 g/mol. The normalized spacial score (nSPS) is 14.0. The van der Waals surface area contributed by atoms with E-state index in [2.05, 4.69) is 10.3 Å². The van der Waals surface area contributed by atoms with Gasteiger partial charge in [-0.2, -0.15) is 4.98 Å². The lowest BCUT2D eigenvalue weighted by atomic mass is 9.95. The van der Waals surface area contributed by atoms with Gasteiger partial charge in [0.2, 0.25) is 0 Å². The Morgan fingerprint density at radius 1 is 1.61 bits per heavy atom. The Hall–Kier alpha value is -1.56. The third-order valence-corrected chi connectivity index (χ3v) is 2.84. The van der Waals surface area contributed by atoms with E-state index in [9.17, 15) is 4.79 Å². The molecule has 0 bridgehead atoms. The average Bonchev–Trinajstić information content (AvgIpc) is 2.78. The number of nitrogens with zero attached hydrogens (tertiary/aromatic N) is 1. The van der Waals surface area contributed by atoms with E-state index >= 15 is 0 Å². The minimum absolute atomic E-state index is 0.0722. The lowest BCUT2D eigenvalue weighted by Gasteiger charge is -2.27. The molecule has 6 nitrogen and oxygen atoms in total. The zero-order valence-electron chi connectivity index (χ0n) is 11.0. The third kappa shape index (κ3) is 3.73. The van der Waals surface area contributed by atoms with Crippen LogP contribution in [0.3, 0.4) is 0 Å². The maximum Gasteiger partial charge on any atom is 0.360 e. The van der Waals surface area contributed by atoms with Crippen molar-refractivity contribution < 1.29 is 19.1 Å². The second kappa shape index (κ2) is 6.39. The first-order chi connectivity index (χ1) is 8.54. The molecular weight excluding hydrogens is 236 g/mol. The zero-order valence-corrected chi connectivity index (χ0v) is 11.0. The lowest BCUT2D eigenvalue weighted by molar-refractivity contribution is 0.0519. The number of rotatable bonds is 7. The Morgan fingerprint density at radius 3 is 2.89 bits per heavy atom. The summed E-state index contributed by atoms with van der Waals surface area (Å²) in [5, 5.41) is 12.1. The summed E-state index contributed by atoms with van der Waals surface area (Å²) >= 11 is 0. The van der Waals surface area contributed by atoms with Crippen molar-refractivity contribution in [2.24, 2.45) is 0 Å². The number of esters is 1. The molecule has 0 aliphatic heterocycles. The van der Waals surface area contributed by atoms with E-state index < -0.39 is 5.97 Å². The van der Waals surface area contributed by atoms with E-state index in [1.54, 1.807) is 6.92 Å². The highest BCUT2D eigenvalue weighted by Crippen LogP contribution is 2.21. The van der Waals surface area contributed by atoms with Crippen molar-refractivity contribution in [1.82, 2.24) is 4.98 Å². The molecule has 0 aliphatic carbocycles. The fourth-order valence-corrected chi connectivity index (χ4v) is 1.46. The lowest BCUT2D eigenvalue weighted by Crippen LogP contribution is -2.35. The highest BCUT2D eigenvalue weighted by molar-refractivity contribution is 5.87. The number of aliphatic hydroxyl groups excluding tert-OH is 1. The van der Waals surface area contributed by atoms with E-state index in [1.807, 2.05) is 13.8 Å². The molecule has 0 aliphatic rings. The van der Waals surface area contributed by atoms with Gasteiger partial charge in [0, 0.05) is 12.1 Å². The topological polar surface area (TPSA) is 84.6 Å². The van der Waals surface area contributed by atoms with Crippen LogP contribution in [0.5, 0.6) is 0 Å². The standard InChI is InChI=1S/C12H20N2O4/c1-4-12(3,6-7-15)14-11-13-9(8-18-11)10(16)17-5-2/h8,15H,4-7H2,1-3H3,(H,13,14). The largest absolute Gasteiger partial charge is 0.461 e. The molecule has 1 heterocycles. The molecule has 0 amide bonds. The Labute approximate surface area is 106 Å². The molecule has 0 saturated carbocycles. The molecule has 18 heavy (non-hydrogen) atoms. The highest BCUT2D eigenvalue weighted by atomic mass is 16.5. The van der Waals surface area contributed by atoms with Crippen LogP contribution < -0.4 is 5.32 Å². The van der Waals surface area contributed by atoms with Gasteiger partial charge in [-0.25, -0.2) is 4.79 Å². The van der Waals surface area contributed by atoms with Crippen LogP contribution in [0.15, 0.2) is 10.7 Å². The van der Waals surface area contributed by atoms with E-state index in [-0.39, 0.29) is 23.9 Å². The van der Waals surface area contributed by atoms with Gasteiger partial charge in [0.1, 0.15) is 6.26 Å². The Kier molecular flexibility index (Phi) is 5.15. The quantitative estimate of drug-likeness (QED) is 0.724. The van der Waals surface area contributed by atoms with Gasteiger partial charge in [-0.3, -0.25) is 0 Å². The van der Waals surface area contributed by atoms with Crippen molar-refractivity contribution in [2.45, 2.75) is 39.2 Å². The van der Waals surface area contributed by atoms with Gasteiger partial charge in [0.25, 0.3) is 6.01 Å². The molecule has 1 aromatic heterocycles. The van der Waals surface area contributed by atoms with Crippen molar-refractivity contribution >= 4 is 12.0 Å². The van der Waals surface area contributed by atoms with E-state index in [0.29, 0.717) is 13.0 Å². The second-order valence-corrected chi connectivity index (χ2v) is 4.27. The minimum atomic E-state index is -0.505. The number of oxazole rings is 1. The maximum absolute atomic E-state index is 11.4. The minimum Gasteiger partial charge on any atom is -0.461 e. The number of anilines is 1. The number of aliphatic hydroxyl groups is 1. The summed E-state index contributed by atoms with van der Waals surface area (Å²) in [6.45, 7) is 6.05. The molecule has 0 saturated heterocycles. The van der Waals surface area contributed by atoms with Crippen LogP contribution in [-0.4, -0.2) is 34.8 Å². The molecular formula is C12H20N2O4. The van der Waals surface area contributed by atoms with Crippen LogP contribution in [0, 0.1) is 0 Å². The fourth-order valence-electron chi connectivity index (χ4n) is 1.46. The monoisotopic (exact) mass is 256 g/mol. The first-order valence-corrected chi connectivity index (χ1v) is 6.06. The van der Waals surface area contributed by atoms with E-state index in [0.717, 1.165) is 6.42 Å². The van der Waals surface area contributed by atoms with Gasteiger partial charge in [-0.1, -0.05) is 6.92 Å². The molecule has 6 heteroatoms. The first kappa shape index (κ1) is 14.5. The summed E-state index contributed by atoms with van der Waals surface area (Å²) in [7, 11) is 0. The predicted molar refractivity (Wildman–Crippen MR) is 66.5 cm³/mol. The van der Waals surface area contributed by atoms with Crippen molar-refractivity contribution in [3.63, 3.8) is 0 Å². The van der Waals surface area contributed by atoms with Crippen LogP contribution in [0.4, 0.5) is 6.01 Å².